The first kappa shape index (κ1) is 12.7. The summed E-state index contributed by atoms with van der Waals surface area (Å²) in [5, 5.41) is 4.56. The summed E-state index contributed by atoms with van der Waals surface area (Å²) in [4.78, 5) is 0. The highest BCUT2D eigenvalue weighted by Crippen LogP contribution is 2.24. The lowest BCUT2D eigenvalue weighted by Crippen LogP contribution is -2.01. The minimum Gasteiger partial charge on any atom is -0.238 e. The summed E-state index contributed by atoms with van der Waals surface area (Å²) >= 11 is 0. The summed E-state index contributed by atoms with van der Waals surface area (Å²) in [7, 11) is 0. The molecule has 2 aromatic carbocycles. The highest BCUT2D eigenvalue weighted by atomic mass is 15.3. The van der Waals surface area contributed by atoms with Crippen LogP contribution in [0.4, 0.5) is 0 Å². The second kappa shape index (κ2) is 4.97. The van der Waals surface area contributed by atoms with Gasteiger partial charge in [0.1, 0.15) is 0 Å². The molecule has 0 spiro atoms. The molecule has 2 nitrogen and oxygen atoms in total. The predicted molar refractivity (Wildman–Crippen MR) is 83.2 cm³/mol. The Balaban J connectivity index is 2.06. The van der Waals surface area contributed by atoms with Crippen molar-refractivity contribution >= 4 is 0 Å². The number of nitrogens with zero attached hydrogens (tertiary/aromatic N) is 2. The summed E-state index contributed by atoms with van der Waals surface area (Å²) in [5.41, 5.74) is 7.09. The fraction of sp³-hybridized carbons (Fsp3) is 0.167. The third-order valence-corrected chi connectivity index (χ3v) is 3.54. The van der Waals surface area contributed by atoms with Gasteiger partial charge in [0, 0.05) is 5.69 Å². The standard InChI is InChI=1S/C18H18N2/c1-13-11-17(16-7-5-4-6-8-16)9-10-18(13)20-15(3)12-14(2)19-20/h4-12H,1-3H3. The van der Waals surface area contributed by atoms with Crippen molar-refractivity contribution in [2.24, 2.45) is 0 Å². The first-order valence-corrected chi connectivity index (χ1v) is 6.85. The van der Waals surface area contributed by atoms with E-state index in [1.165, 1.54) is 16.7 Å². The van der Waals surface area contributed by atoms with Crippen molar-refractivity contribution in [3.63, 3.8) is 0 Å². The fourth-order valence-corrected chi connectivity index (χ4v) is 2.58. The molecule has 0 bridgehead atoms. The Morgan fingerprint density at radius 1 is 0.800 bits per heavy atom. The first-order chi connectivity index (χ1) is 9.65. The summed E-state index contributed by atoms with van der Waals surface area (Å²) in [6, 6.07) is 19.1. The third kappa shape index (κ3) is 2.25. The molecule has 100 valence electrons. The van der Waals surface area contributed by atoms with E-state index in [1.54, 1.807) is 0 Å². The number of hydrogen-bond acceptors (Lipinski definition) is 1. The van der Waals surface area contributed by atoms with Gasteiger partial charge >= 0.3 is 0 Å². The van der Waals surface area contributed by atoms with Crippen LogP contribution in [0.5, 0.6) is 0 Å². The predicted octanol–water partition coefficient (Wildman–Crippen LogP) is 4.46. The largest absolute Gasteiger partial charge is 0.238 e. The summed E-state index contributed by atoms with van der Waals surface area (Å²) < 4.78 is 2.01. The van der Waals surface area contributed by atoms with Gasteiger partial charge in [0.15, 0.2) is 0 Å². The van der Waals surface area contributed by atoms with Gasteiger partial charge in [0.05, 0.1) is 11.4 Å². The monoisotopic (exact) mass is 262 g/mol. The molecule has 0 saturated heterocycles. The highest BCUT2D eigenvalue weighted by Gasteiger charge is 2.07. The minimum absolute atomic E-state index is 1.05. The molecule has 3 rings (SSSR count). The lowest BCUT2D eigenvalue weighted by Gasteiger charge is -2.10. The highest BCUT2D eigenvalue weighted by molar-refractivity contribution is 5.66. The van der Waals surface area contributed by atoms with Crippen LogP contribution in [0.15, 0.2) is 54.6 Å². The van der Waals surface area contributed by atoms with E-state index in [-0.39, 0.29) is 0 Å². The second-order valence-electron chi connectivity index (χ2n) is 5.21. The number of benzene rings is 2. The Bertz CT molecular complexity index is 739. The van der Waals surface area contributed by atoms with Crippen LogP contribution in [-0.4, -0.2) is 9.78 Å². The van der Waals surface area contributed by atoms with Crippen LogP contribution in [0.3, 0.4) is 0 Å². The molecular formula is C18H18N2. The fourth-order valence-electron chi connectivity index (χ4n) is 2.58. The maximum absolute atomic E-state index is 4.56. The molecule has 0 radical (unpaired) electrons. The van der Waals surface area contributed by atoms with E-state index in [0.717, 1.165) is 17.1 Å². The summed E-state index contributed by atoms with van der Waals surface area (Å²) in [6.45, 7) is 6.25. The Hall–Kier alpha value is -2.35. The molecule has 0 aliphatic carbocycles. The van der Waals surface area contributed by atoms with E-state index in [2.05, 4.69) is 67.5 Å². The molecule has 0 aliphatic heterocycles. The van der Waals surface area contributed by atoms with Crippen LogP contribution < -0.4 is 0 Å². The molecular weight excluding hydrogens is 244 g/mol. The Labute approximate surface area is 119 Å². The van der Waals surface area contributed by atoms with Gasteiger partial charge in [-0.2, -0.15) is 5.10 Å². The Morgan fingerprint density at radius 3 is 2.15 bits per heavy atom. The molecule has 3 aromatic rings. The first-order valence-electron chi connectivity index (χ1n) is 6.85. The van der Waals surface area contributed by atoms with E-state index in [9.17, 15) is 0 Å². The third-order valence-electron chi connectivity index (χ3n) is 3.54. The number of hydrogen-bond donors (Lipinski definition) is 0. The van der Waals surface area contributed by atoms with Crippen LogP contribution in [-0.2, 0) is 0 Å². The summed E-state index contributed by atoms with van der Waals surface area (Å²) in [5.74, 6) is 0. The maximum Gasteiger partial charge on any atom is 0.0678 e. The Morgan fingerprint density at radius 2 is 1.55 bits per heavy atom. The molecule has 0 amide bonds. The molecule has 0 N–H and O–H groups in total. The van der Waals surface area contributed by atoms with Gasteiger partial charge in [-0.3, -0.25) is 0 Å². The average Bonchev–Trinajstić information content (AvgIpc) is 2.78. The van der Waals surface area contributed by atoms with Crippen LogP contribution in [0.25, 0.3) is 16.8 Å². The van der Waals surface area contributed by atoms with Crippen molar-refractivity contribution < 1.29 is 0 Å². The zero-order valence-corrected chi connectivity index (χ0v) is 12.1. The van der Waals surface area contributed by atoms with E-state index in [0.29, 0.717) is 0 Å². The van der Waals surface area contributed by atoms with E-state index < -0.39 is 0 Å². The lowest BCUT2D eigenvalue weighted by atomic mass is 10.0. The maximum atomic E-state index is 4.56. The Kier molecular flexibility index (Phi) is 3.15. The van der Waals surface area contributed by atoms with Crippen molar-refractivity contribution in [3.8, 4) is 16.8 Å². The van der Waals surface area contributed by atoms with Crippen LogP contribution in [0.2, 0.25) is 0 Å². The zero-order chi connectivity index (χ0) is 14.1. The lowest BCUT2D eigenvalue weighted by molar-refractivity contribution is 0.827. The van der Waals surface area contributed by atoms with E-state index in [4.69, 9.17) is 0 Å². The van der Waals surface area contributed by atoms with Crippen LogP contribution in [0.1, 0.15) is 17.0 Å². The smallest absolute Gasteiger partial charge is 0.0678 e. The normalized spacial score (nSPS) is 10.8. The van der Waals surface area contributed by atoms with Crippen molar-refractivity contribution in [3.05, 3.63) is 71.5 Å². The molecule has 20 heavy (non-hydrogen) atoms. The van der Waals surface area contributed by atoms with Gasteiger partial charge < -0.3 is 0 Å². The molecule has 0 saturated carbocycles. The SMILES string of the molecule is Cc1cc(C)n(-c2ccc(-c3ccccc3)cc2C)n1. The van der Waals surface area contributed by atoms with Gasteiger partial charge in [0.25, 0.3) is 0 Å². The summed E-state index contributed by atoms with van der Waals surface area (Å²) in [6.07, 6.45) is 0. The second-order valence-corrected chi connectivity index (χ2v) is 5.21. The van der Waals surface area contributed by atoms with Crippen molar-refractivity contribution in [2.45, 2.75) is 20.8 Å². The van der Waals surface area contributed by atoms with Gasteiger partial charge in [-0.25, -0.2) is 4.68 Å². The van der Waals surface area contributed by atoms with Gasteiger partial charge in [-0.1, -0.05) is 36.4 Å². The molecule has 1 heterocycles. The van der Waals surface area contributed by atoms with Crippen LogP contribution >= 0.6 is 0 Å². The van der Waals surface area contributed by atoms with Gasteiger partial charge in [-0.15, -0.1) is 0 Å². The molecule has 0 unspecified atom stereocenters. The van der Waals surface area contributed by atoms with E-state index in [1.807, 2.05) is 17.7 Å². The molecule has 0 atom stereocenters. The number of rotatable bonds is 2. The molecule has 2 heteroatoms. The molecule has 0 fully saturated rings. The zero-order valence-electron chi connectivity index (χ0n) is 12.1. The van der Waals surface area contributed by atoms with Gasteiger partial charge in [-0.05, 0) is 55.7 Å². The number of aromatic nitrogens is 2. The van der Waals surface area contributed by atoms with Crippen molar-refractivity contribution in [1.82, 2.24) is 9.78 Å². The van der Waals surface area contributed by atoms with E-state index >= 15 is 0 Å². The topological polar surface area (TPSA) is 17.8 Å². The molecule has 1 aromatic heterocycles. The van der Waals surface area contributed by atoms with Crippen molar-refractivity contribution in [1.29, 1.82) is 0 Å². The average molecular weight is 262 g/mol. The molecule has 0 aliphatic rings. The van der Waals surface area contributed by atoms with Crippen LogP contribution in [0, 0.1) is 20.8 Å². The van der Waals surface area contributed by atoms with Crippen molar-refractivity contribution in [2.75, 3.05) is 0 Å². The number of aryl methyl sites for hydroxylation is 3. The van der Waals surface area contributed by atoms with Gasteiger partial charge in [0.2, 0.25) is 0 Å². The quantitative estimate of drug-likeness (QED) is 0.666. The minimum atomic E-state index is 1.05.